The first kappa shape index (κ1) is 15.9. The number of hydrogen-bond acceptors (Lipinski definition) is 3. The molecule has 0 radical (unpaired) electrons. The van der Waals surface area contributed by atoms with Crippen LogP contribution in [0.2, 0.25) is 0 Å². The first-order chi connectivity index (χ1) is 10.2. The summed E-state index contributed by atoms with van der Waals surface area (Å²) >= 11 is 0. The molecule has 1 N–H and O–H groups in total. The highest BCUT2D eigenvalue weighted by molar-refractivity contribution is 5.92. The third-order valence-corrected chi connectivity index (χ3v) is 2.89. The molecular weight excluding hydrogens is 285 g/mol. The van der Waals surface area contributed by atoms with Crippen LogP contribution in [0.15, 0.2) is 35.1 Å². The number of carbonyl (C=O) groups excluding carboxylic acids is 1. The molecular formula is C16H18FN3O2. The van der Waals surface area contributed by atoms with Crippen molar-refractivity contribution in [2.24, 2.45) is 0 Å². The fourth-order valence-electron chi connectivity index (χ4n) is 1.97. The van der Waals surface area contributed by atoms with Gasteiger partial charge in [0.1, 0.15) is 11.5 Å². The second-order valence-electron chi connectivity index (χ2n) is 6.07. The molecule has 1 amide bonds. The zero-order chi connectivity index (χ0) is 16.5. The average molecular weight is 303 g/mol. The van der Waals surface area contributed by atoms with Gasteiger partial charge in [0, 0.05) is 17.3 Å². The summed E-state index contributed by atoms with van der Waals surface area (Å²) < 4.78 is 15.2. The minimum absolute atomic E-state index is 0.185. The highest BCUT2D eigenvalue weighted by Crippen LogP contribution is 2.13. The van der Waals surface area contributed by atoms with E-state index >= 15 is 0 Å². The van der Waals surface area contributed by atoms with E-state index < -0.39 is 22.7 Å². The predicted molar refractivity (Wildman–Crippen MR) is 81.7 cm³/mol. The number of hydrogen-bond donors (Lipinski definition) is 1. The Balaban J connectivity index is 2.55. The second-order valence-corrected chi connectivity index (χ2v) is 6.07. The molecule has 1 heterocycles. The highest BCUT2D eigenvalue weighted by atomic mass is 19.1. The van der Waals surface area contributed by atoms with Crippen LogP contribution < -0.4 is 10.7 Å². The van der Waals surface area contributed by atoms with Crippen molar-refractivity contribution in [3.05, 3.63) is 57.8 Å². The minimum atomic E-state index is -0.581. The molecule has 0 atom stereocenters. The van der Waals surface area contributed by atoms with E-state index in [2.05, 4.69) is 10.4 Å². The van der Waals surface area contributed by atoms with E-state index in [0.717, 1.165) is 0 Å². The number of carbonyl (C=O) groups is 1. The van der Waals surface area contributed by atoms with Crippen molar-refractivity contribution >= 4 is 5.91 Å². The maximum absolute atomic E-state index is 13.9. The van der Waals surface area contributed by atoms with E-state index in [1.807, 2.05) is 0 Å². The number of amides is 1. The van der Waals surface area contributed by atoms with Gasteiger partial charge in [0.2, 0.25) is 5.43 Å². The molecule has 0 unspecified atom stereocenters. The molecule has 1 aromatic carbocycles. The second kappa shape index (κ2) is 5.71. The minimum Gasteiger partial charge on any atom is -0.346 e. The van der Waals surface area contributed by atoms with Gasteiger partial charge >= 0.3 is 0 Å². The van der Waals surface area contributed by atoms with Crippen LogP contribution in [0, 0.1) is 12.7 Å². The van der Waals surface area contributed by atoms with Gasteiger partial charge in [-0.05, 0) is 39.8 Å². The Kier molecular flexibility index (Phi) is 4.12. The summed E-state index contributed by atoms with van der Waals surface area (Å²) in [5.74, 6) is -1.06. The van der Waals surface area contributed by atoms with Crippen molar-refractivity contribution in [3.63, 3.8) is 0 Å². The van der Waals surface area contributed by atoms with Gasteiger partial charge in [-0.3, -0.25) is 9.59 Å². The number of benzene rings is 1. The molecule has 0 saturated carbocycles. The van der Waals surface area contributed by atoms with Gasteiger partial charge in [0.25, 0.3) is 5.91 Å². The summed E-state index contributed by atoms with van der Waals surface area (Å²) in [7, 11) is 0. The smallest absolute Gasteiger partial charge is 0.276 e. The summed E-state index contributed by atoms with van der Waals surface area (Å²) in [4.78, 5) is 24.2. The molecule has 0 bridgehead atoms. The summed E-state index contributed by atoms with van der Waals surface area (Å²) in [6.45, 7) is 7.03. The number of aromatic nitrogens is 2. The van der Waals surface area contributed by atoms with E-state index in [1.165, 1.54) is 22.9 Å². The van der Waals surface area contributed by atoms with E-state index in [-0.39, 0.29) is 11.4 Å². The molecule has 0 aliphatic heterocycles. The average Bonchev–Trinajstić information content (AvgIpc) is 2.38. The van der Waals surface area contributed by atoms with E-state index in [0.29, 0.717) is 5.69 Å². The molecule has 0 aliphatic carbocycles. The fraction of sp³-hybridized carbons (Fsp3) is 0.312. The number of rotatable bonds is 2. The maximum Gasteiger partial charge on any atom is 0.276 e. The quantitative estimate of drug-likeness (QED) is 0.925. The summed E-state index contributed by atoms with van der Waals surface area (Å²) in [5, 5.41) is 6.72. The largest absolute Gasteiger partial charge is 0.346 e. The number of halogens is 1. The van der Waals surface area contributed by atoms with Crippen molar-refractivity contribution in [1.29, 1.82) is 0 Å². The Labute approximate surface area is 127 Å². The van der Waals surface area contributed by atoms with Crippen LogP contribution in [0.1, 0.15) is 37.0 Å². The summed E-state index contributed by atoms with van der Waals surface area (Å²) in [6, 6.07) is 7.32. The molecule has 22 heavy (non-hydrogen) atoms. The zero-order valence-electron chi connectivity index (χ0n) is 13.0. The van der Waals surface area contributed by atoms with Gasteiger partial charge in [-0.15, -0.1) is 0 Å². The third-order valence-electron chi connectivity index (χ3n) is 2.89. The molecule has 2 rings (SSSR count). The third kappa shape index (κ3) is 3.39. The highest BCUT2D eigenvalue weighted by Gasteiger charge is 2.20. The van der Waals surface area contributed by atoms with Gasteiger partial charge in [-0.2, -0.15) is 5.10 Å². The first-order valence-electron chi connectivity index (χ1n) is 6.87. The van der Waals surface area contributed by atoms with Crippen LogP contribution in [-0.2, 0) is 0 Å². The van der Waals surface area contributed by atoms with Crippen molar-refractivity contribution in [2.75, 3.05) is 0 Å². The lowest BCUT2D eigenvalue weighted by Crippen LogP contribution is -2.43. The molecule has 0 saturated heterocycles. The lowest BCUT2D eigenvalue weighted by molar-refractivity contribution is 0.0911. The molecule has 0 spiro atoms. The number of nitrogens with one attached hydrogen (secondary N) is 1. The van der Waals surface area contributed by atoms with Crippen molar-refractivity contribution in [1.82, 2.24) is 15.1 Å². The molecule has 0 fully saturated rings. The van der Waals surface area contributed by atoms with Crippen molar-refractivity contribution in [2.45, 2.75) is 33.2 Å². The molecule has 116 valence electrons. The Morgan fingerprint density at radius 3 is 2.50 bits per heavy atom. The Morgan fingerprint density at radius 2 is 1.91 bits per heavy atom. The standard InChI is InChI=1S/C16H18FN3O2/c1-10-9-13(21)14(15(22)18-16(2,3)4)19-20(10)12-8-6-5-7-11(12)17/h5-9H,1-4H3,(H,18,22). The lowest BCUT2D eigenvalue weighted by atomic mass is 10.1. The van der Waals surface area contributed by atoms with Crippen LogP contribution in [0.25, 0.3) is 5.69 Å². The van der Waals surface area contributed by atoms with Gasteiger partial charge in [-0.25, -0.2) is 9.07 Å². The van der Waals surface area contributed by atoms with Crippen LogP contribution in [0.3, 0.4) is 0 Å². The number of para-hydroxylation sites is 1. The SMILES string of the molecule is Cc1cc(=O)c(C(=O)NC(C)(C)C)nn1-c1ccccc1F. The molecule has 2 aromatic rings. The predicted octanol–water partition coefficient (Wildman–Crippen LogP) is 2.21. The van der Waals surface area contributed by atoms with Crippen LogP contribution in [0.5, 0.6) is 0 Å². The Morgan fingerprint density at radius 1 is 1.27 bits per heavy atom. The normalized spacial score (nSPS) is 11.3. The van der Waals surface area contributed by atoms with Gasteiger partial charge < -0.3 is 5.32 Å². The van der Waals surface area contributed by atoms with E-state index in [1.54, 1.807) is 39.8 Å². The topological polar surface area (TPSA) is 64.0 Å². The fourth-order valence-corrected chi connectivity index (χ4v) is 1.97. The molecule has 5 nitrogen and oxygen atoms in total. The first-order valence-corrected chi connectivity index (χ1v) is 6.87. The van der Waals surface area contributed by atoms with Crippen LogP contribution in [-0.4, -0.2) is 21.2 Å². The number of nitrogens with zero attached hydrogens (tertiary/aromatic N) is 2. The molecule has 0 aliphatic rings. The summed E-state index contributed by atoms with van der Waals surface area (Å²) in [5.41, 5.74) is -0.623. The van der Waals surface area contributed by atoms with E-state index in [4.69, 9.17) is 0 Å². The Bertz CT molecular complexity index is 776. The monoisotopic (exact) mass is 303 g/mol. The van der Waals surface area contributed by atoms with Crippen LogP contribution in [0.4, 0.5) is 4.39 Å². The van der Waals surface area contributed by atoms with E-state index in [9.17, 15) is 14.0 Å². The Hall–Kier alpha value is -2.50. The van der Waals surface area contributed by atoms with Crippen LogP contribution >= 0.6 is 0 Å². The van der Waals surface area contributed by atoms with Gasteiger partial charge in [-0.1, -0.05) is 12.1 Å². The van der Waals surface area contributed by atoms with Gasteiger partial charge in [0.05, 0.1) is 0 Å². The van der Waals surface area contributed by atoms with Gasteiger partial charge in [0.15, 0.2) is 5.69 Å². The summed E-state index contributed by atoms with van der Waals surface area (Å²) in [6.07, 6.45) is 0. The maximum atomic E-state index is 13.9. The van der Waals surface area contributed by atoms with Crippen molar-refractivity contribution in [3.8, 4) is 5.69 Å². The number of aryl methyl sites for hydroxylation is 1. The molecule has 1 aromatic heterocycles. The lowest BCUT2D eigenvalue weighted by Gasteiger charge is -2.20. The van der Waals surface area contributed by atoms with Crippen molar-refractivity contribution < 1.29 is 9.18 Å². The molecule has 6 heteroatoms. The zero-order valence-corrected chi connectivity index (χ0v) is 13.0.